The highest BCUT2D eigenvalue weighted by Gasteiger charge is 2.60. The molecule has 6 aliphatic rings. The van der Waals surface area contributed by atoms with Gasteiger partial charge in [0.25, 0.3) is 0 Å². The molecule has 0 aromatic heterocycles. The standard InChI is InChI=1S/C21H26F6O6S2/c1-18(2)12-6-10(16(14(18)8-12)32-34(28,29)20(22,23)24)5-11-7-13-9-15(19(13,3)4)17(11)33-35(30,31)21(25,26)27/h12-15H,5-9H2,1-4H3/t12-,13-,14-,15-/m0/s1. The first kappa shape index (κ1) is 26.6. The number of fused-ring (bicyclic) bond motifs is 2. The monoisotopic (exact) mass is 552 g/mol. The smallest absolute Gasteiger partial charge is 0.380 e. The van der Waals surface area contributed by atoms with Crippen LogP contribution >= 0.6 is 0 Å². The minimum atomic E-state index is -5.96. The largest absolute Gasteiger partial charge is 0.534 e. The summed E-state index contributed by atoms with van der Waals surface area (Å²) in [7, 11) is -11.9. The molecule has 2 fully saturated rings. The summed E-state index contributed by atoms with van der Waals surface area (Å²) in [5.41, 5.74) is -11.9. The van der Waals surface area contributed by atoms with Crippen LogP contribution in [0.25, 0.3) is 0 Å². The third-order valence-electron chi connectivity index (χ3n) is 8.65. The number of allylic oxidation sites excluding steroid dienone is 4. The highest BCUT2D eigenvalue weighted by atomic mass is 32.2. The maximum absolute atomic E-state index is 13.1. The predicted octanol–water partition coefficient (Wildman–Crippen LogP) is 5.75. The van der Waals surface area contributed by atoms with Crippen LogP contribution in [0.1, 0.15) is 59.8 Å². The fourth-order valence-electron chi connectivity index (χ4n) is 6.04. The second-order valence-corrected chi connectivity index (χ2v) is 14.2. The molecule has 0 spiro atoms. The van der Waals surface area contributed by atoms with E-state index in [9.17, 15) is 43.2 Å². The second-order valence-electron chi connectivity index (χ2n) is 11.1. The first-order valence-electron chi connectivity index (χ1n) is 11.0. The predicted molar refractivity (Wildman–Crippen MR) is 111 cm³/mol. The third kappa shape index (κ3) is 4.06. The third-order valence-corrected chi connectivity index (χ3v) is 10.6. The van der Waals surface area contributed by atoms with Gasteiger partial charge in [0.2, 0.25) is 0 Å². The van der Waals surface area contributed by atoms with Gasteiger partial charge in [-0.25, -0.2) is 0 Å². The summed E-state index contributed by atoms with van der Waals surface area (Å²) in [5, 5.41) is 0. The zero-order valence-corrected chi connectivity index (χ0v) is 21.0. The van der Waals surface area contributed by atoms with Crippen LogP contribution in [-0.4, -0.2) is 27.9 Å². The summed E-state index contributed by atoms with van der Waals surface area (Å²) in [6, 6.07) is 0. The van der Waals surface area contributed by atoms with Gasteiger partial charge in [-0.1, -0.05) is 27.7 Å². The molecule has 0 radical (unpaired) electrons. The SMILES string of the molecule is CC1(C)[C@H]2CC(CC3=C(OS(=O)(=O)C(F)(F)F)[C@@H]4C[C@H](C3)C4(C)C)=C(OS(=O)(=O)C(F)(F)F)[C@@H]1C2. The van der Waals surface area contributed by atoms with Crippen molar-refractivity contribution in [2.75, 3.05) is 0 Å². The molecule has 0 aromatic carbocycles. The average Bonchev–Trinajstić information content (AvgIpc) is 2.67. The van der Waals surface area contributed by atoms with Crippen LogP contribution in [-0.2, 0) is 28.6 Å². The minimum Gasteiger partial charge on any atom is -0.380 e. The molecule has 4 atom stereocenters. The van der Waals surface area contributed by atoms with Crippen LogP contribution in [0.15, 0.2) is 22.7 Å². The lowest BCUT2D eigenvalue weighted by Gasteiger charge is -2.58. The molecule has 14 heteroatoms. The van der Waals surface area contributed by atoms with Crippen LogP contribution in [0.2, 0.25) is 0 Å². The molecule has 200 valence electrons. The zero-order valence-electron chi connectivity index (χ0n) is 19.4. The number of hydrogen-bond donors (Lipinski definition) is 0. The number of halogens is 6. The Morgan fingerprint density at radius 2 is 1.03 bits per heavy atom. The van der Waals surface area contributed by atoms with E-state index in [-0.39, 0.29) is 53.8 Å². The second kappa shape index (κ2) is 7.55. The van der Waals surface area contributed by atoms with Crippen molar-refractivity contribution in [3.8, 4) is 0 Å². The van der Waals surface area contributed by atoms with Crippen molar-refractivity contribution in [3.05, 3.63) is 22.7 Å². The highest BCUT2D eigenvalue weighted by Crippen LogP contribution is 2.65. The molecule has 35 heavy (non-hydrogen) atoms. The maximum atomic E-state index is 13.1. The van der Waals surface area contributed by atoms with E-state index in [1.807, 2.05) is 0 Å². The van der Waals surface area contributed by atoms with Crippen molar-refractivity contribution in [2.45, 2.75) is 70.8 Å². The maximum Gasteiger partial charge on any atom is 0.534 e. The number of rotatable bonds is 6. The lowest BCUT2D eigenvalue weighted by Crippen LogP contribution is -2.51. The first-order valence-corrected chi connectivity index (χ1v) is 13.9. The van der Waals surface area contributed by atoms with Crippen molar-refractivity contribution < 1.29 is 51.5 Å². The van der Waals surface area contributed by atoms with Crippen LogP contribution in [0.5, 0.6) is 0 Å². The van der Waals surface area contributed by atoms with E-state index in [1.165, 1.54) is 0 Å². The molecule has 0 aromatic rings. The summed E-state index contributed by atoms with van der Waals surface area (Å²) in [4.78, 5) is 0. The molecule has 2 saturated carbocycles. The van der Waals surface area contributed by atoms with Gasteiger partial charge in [0.1, 0.15) is 11.5 Å². The summed E-state index contributed by atoms with van der Waals surface area (Å²) in [6.45, 7) is 7.14. The van der Waals surface area contributed by atoms with Crippen LogP contribution < -0.4 is 0 Å². The van der Waals surface area contributed by atoms with E-state index < -0.39 is 53.9 Å². The summed E-state index contributed by atoms with van der Waals surface area (Å²) in [6.07, 6.45) is 1.00. The van der Waals surface area contributed by atoms with Crippen molar-refractivity contribution >= 4 is 20.2 Å². The molecule has 6 rings (SSSR count). The molecule has 0 aliphatic heterocycles. The van der Waals surface area contributed by atoms with Crippen molar-refractivity contribution in [3.63, 3.8) is 0 Å². The van der Waals surface area contributed by atoms with E-state index in [2.05, 4.69) is 8.37 Å². The van der Waals surface area contributed by atoms with Crippen molar-refractivity contribution in [2.24, 2.45) is 34.5 Å². The Bertz CT molecular complexity index is 1110. The van der Waals surface area contributed by atoms with Gasteiger partial charge in [0, 0.05) is 11.8 Å². The van der Waals surface area contributed by atoms with Gasteiger partial charge in [0.05, 0.1) is 0 Å². The van der Waals surface area contributed by atoms with E-state index in [0.717, 1.165) is 0 Å². The quantitative estimate of drug-likeness (QED) is 0.237. The molecule has 0 unspecified atom stereocenters. The Hall–Kier alpha value is -1.44. The normalized spacial score (nSPS) is 32.1. The van der Waals surface area contributed by atoms with Gasteiger partial charge in [-0.3, -0.25) is 0 Å². The Kier molecular flexibility index (Phi) is 5.74. The lowest BCUT2D eigenvalue weighted by molar-refractivity contribution is -0.0643. The van der Waals surface area contributed by atoms with Gasteiger partial charge in [-0.05, 0) is 65.9 Å². The summed E-state index contributed by atoms with van der Waals surface area (Å²) in [5.74, 6) is -1.90. The topological polar surface area (TPSA) is 86.7 Å². The number of alkyl halides is 6. The number of hydrogen-bond acceptors (Lipinski definition) is 6. The van der Waals surface area contributed by atoms with Gasteiger partial charge >= 0.3 is 31.3 Å². The van der Waals surface area contributed by atoms with Crippen LogP contribution in [0, 0.1) is 34.5 Å². The summed E-state index contributed by atoms with van der Waals surface area (Å²) < 4.78 is 135. The molecule has 4 bridgehead atoms. The molecule has 6 nitrogen and oxygen atoms in total. The van der Waals surface area contributed by atoms with Gasteiger partial charge in [-0.2, -0.15) is 43.2 Å². The van der Waals surface area contributed by atoms with Crippen molar-refractivity contribution in [1.29, 1.82) is 0 Å². The molecule has 0 heterocycles. The Labute approximate surface area is 200 Å². The fraction of sp³-hybridized carbons (Fsp3) is 0.810. The molecular weight excluding hydrogens is 526 g/mol. The molecule has 0 saturated heterocycles. The fourth-order valence-corrected chi connectivity index (χ4v) is 7.17. The van der Waals surface area contributed by atoms with Gasteiger partial charge in [-0.15, -0.1) is 0 Å². The Morgan fingerprint density at radius 3 is 1.29 bits per heavy atom. The Morgan fingerprint density at radius 1 is 0.714 bits per heavy atom. The first-order chi connectivity index (χ1) is 15.6. The molecule has 0 N–H and O–H groups in total. The van der Waals surface area contributed by atoms with E-state index in [1.54, 1.807) is 27.7 Å². The molecule has 6 aliphatic carbocycles. The molecular formula is C21H26F6O6S2. The zero-order chi connectivity index (χ0) is 26.6. The van der Waals surface area contributed by atoms with E-state index in [0.29, 0.717) is 12.8 Å². The van der Waals surface area contributed by atoms with Gasteiger partial charge in [0.15, 0.2) is 0 Å². The Balaban J connectivity index is 1.77. The highest BCUT2D eigenvalue weighted by molar-refractivity contribution is 7.88. The minimum absolute atomic E-state index is 0.0156. The average molecular weight is 553 g/mol. The summed E-state index contributed by atoms with van der Waals surface area (Å²) >= 11 is 0. The van der Waals surface area contributed by atoms with Crippen LogP contribution in [0.3, 0.4) is 0 Å². The lowest BCUT2D eigenvalue weighted by atomic mass is 9.47. The van der Waals surface area contributed by atoms with Gasteiger partial charge < -0.3 is 8.37 Å². The van der Waals surface area contributed by atoms with Crippen LogP contribution in [0.4, 0.5) is 26.3 Å². The molecule has 0 amide bonds. The van der Waals surface area contributed by atoms with Crippen molar-refractivity contribution in [1.82, 2.24) is 0 Å². The van der Waals surface area contributed by atoms with E-state index >= 15 is 0 Å². The van der Waals surface area contributed by atoms with E-state index in [4.69, 9.17) is 0 Å².